The number of nitrogens with zero attached hydrogens (tertiary/aromatic N) is 4. The maximum Gasteiger partial charge on any atom is 0.420 e. The highest BCUT2D eigenvalue weighted by molar-refractivity contribution is 7.81. The Kier molecular flexibility index (Phi) is 6.44. The summed E-state index contributed by atoms with van der Waals surface area (Å²) in [6.07, 6.45) is -1.70. The van der Waals surface area contributed by atoms with E-state index in [9.17, 15) is 18.0 Å². The van der Waals surface area contributed by atoms with E-state index < -0.39 is 40.3 Å². The molecule has 1 saturated heterocycles. The van der Waals surface area contributed by atoms with Gasteiger partial charge in [0.15, 0.2) is 16.8 Å². The highest BCUT2D eigenvalue weighted by Crippen LogP contribution is 2.42. The molecule has 1 aromatic heterocycles. The van der Waals surface area contributed by atoms with Crippen molar-refractivity contribution in [1.82, 2.24) is 4.98 Å². The van der Waals surface area contributed by atoms with Gasteiger partial charge in [0.1, 0.15) is 23.1 Å². The average molecular weight is 518 g/mol. The van der Waals surface area contributed by atoms with Crippen molar-refractivity contribution in [2.45, 2.75) is 32.0 Å². The van der Waals surface area contributed by atoms with Gasteiger partial charge in [0.05, 0.1) is 36.5 Å². The van der Waals surface area contributed by atoms with Gasteiger partial charge in [0.25, 0.3) is 5.91 Å². The molecule has 0 atom stereocenters. The summed E-state index contributed by atoms with van der Waals surface area (Å²) >= 11 is 5.43. The molecule has 36 heavy (non-hydrogen) atoms. The molecule has 186 valence electrons. The fourth-order valence-electron chi connectivity index (χ4n) is 3.87. The third-order valence-corrected chi connectivity index (χ3v) is 5.96. The molecule has 12 heteroatoms. The van der Waals surface area contributed by atoms with E-state index in [1.807, 2.05) is 0 Å². The molecule has 0 radical (unpaired) electrons. The van der Waals surface area contributed by atoms with E-state index >= 15 is 4.39 Å². The fourth-order valence-corrected chi connectivity index (χ4v) is 4.39. The van der Waals surface area contributed by atoms with E-state index in [2.05, 4.69) is 4.98 Å². The summed E-state index contributed by atoms with van der Waals surface area (Å²) in [6, 6.07) is 9.63. The van der Waals surface area contributed by atoms with E-state index in [1.54, 1.807) is 24.3 Å². The summed E-state index contributed by atoms with van der Waals surface area (Å²) in [6.45, 7) is 3.35. The standard InChI is InChI=1S/C24H18F4N4O3S/c1-23(2)21(33)31(17-8-3-14(13-29)19(20(17)25)24(26,27)28)22(36)32(23)15-4-6-16(7-5-15)34-11-9-18-30-10-12-35-18/h3-8,10,12H,9,11H2,1-2H3. The Labute approximate surface area is 208 Å². The van der Waals surface area contributed by atoms with Crippen LogP contribution in [0.15, 0.2) is 53.3 Å². The third kappa shape index (κ3) is 4.37. The molecule has 1 aliphatic rings. The number of rotatable bonds is 6. The zero-order chi connectivity index (χ0) is 26.3. The zero-order valence-corrected chi connectivity index (χ0v) is 19.8. The molecule has 0 unspecified atom stereocenters. The van der Waals surface area contributed by atoms with Crippen LogP contribution in [0.2, 0.25) is 0 Å². The Morgan fingerprint density at radius 3 is 2.47 bits per heavy atom. The predicted octanol–water partition coefficient (Wildman–Crippen LogP) is 5.24. The van der Waals surface area contributed by atoms with Gasteiger partial charge in [0, 0.05) is 5.69 Å². The molecule has 4 rings (SSSR count). The van der Waals surface area contributed by atoms with Gasteiger partial charge >= 0.3 is 6.18 Å². The van der Waals surface area contributed by atoms with E-state index in [0.717, 1.165) is 17.0 Å². The van der Waals surface area contributed by atoms with Crippen LogP contribution in [0.5, 0.6) is 5.75 Å². The van der Waals surface area contributed by atoms with Crippen LogP contribution in [0.25, 0.3) is 0 Å². The molecule has 3 aromatic rings. The molecule has 1 aliphatic heterocycles. The number of halogens is 4. The lowest BCUT2D eigenvalue weighted by atomic mass is 10.0. The van der Waals surface area contributed by atoms with Crippen molar-refractivity contribution in [3.63, 3.8) is 0 Å². The number of alkyl halides is 3. The van der Waals surface area contributed by atoms with Crippen molar-refractivity contribution in [1.29, 1.82) is 5.26 Å². The second-order valence-corrected chi connectivity index (χ2v) is 8.63. The van der Waals surface area contributed by atoms with Gasteiger partial charge in [-0.15, -0.1) is 0 Å². The van der Waals surface area contributed by atoms with Gasteiger partial charge in [-0.3, -0.25) is 9.69 Å². The second kappa shape index (κ2) is 9.23. The van der Waals surface area contributed by atoms with Gasteiger partial charge in [-0.2, -0.15) is 18.4 Å². The minimum absolute atomic E-state index is 0.209. The Bertz CT molecular complexity index is 1350. The van der Waals surface area contributed by atoms with Crippen molar-refractivity contribution in [2.24, 2.45) is 0 Å². The maximum atomic E-state index is 15.1. The number of benzene rings is 2. The molecule has 2 aromatic carbocycles. The van der Waals surface area contributed by atoms with Crippen molar-refractivity contribution in [3.05, 3.63) is 71.7 Å². The number of carbonyl (C=O) groups is 1. The zero-order valence-electron chi connectivity index (χ0n) is 19.0. The lowest BCUT2D eigenvalue weighted by Gasteiger charge is -2.29. The van der Waals surface area contributed by atoms with Gasteiger partial charge in [-0.1, -0.05) is 0 Å². The maximum absolute atomic E-state index is 15.1. The first kappa shape index (κ1) is 25.1. The molecular weight excluding hydrogens is 500 g/mol. The number of hydrogen-bond acceptors (Lipinski definition) is 6. The molecule has 7 nitrogen and oxygen atoms in total. The van der Waals surface area contributed by atoms with Gasteiger partial charge < -0.3 is 14.1 Å². The highest BCUT2D eigenvalue weighted by Gasteiger charge is 2.52. The number of hydrogen-bond donors (Lipinski definition) is 0. The largest absolute Gasteiger partial charge is 0.493 e. The Morgan fingerprint density at radius 2 is 1.89 bits per heavy atom. The molecule has 0 spiro atoms. The van der Waals surface area contributed by atoms with Crippen LogP contribution in [0.4, 0.5) is 28.9 Å². The van der Waals surface area contributed by atoms with E-state index in [0.29, 0.717) is 30.4 Å². The molecule has 1 amide bonds. The van der Waals surface area contributed by atoms with Crippen molar-refractivity contribution in [3.8, 4) is 11.8 Å². The summed E-state index contributed by atoms with van der Waals surface area (Å²) < 4.78 is 66.4. The van der Waals surface area contributed by atoms with Crippen LogP contribution in [0.1, 0.15) is 30.9 Å². The second-order valence-electron chi connectivity index (χ2n) is 8.27. The minimum Gasteiger partial charge on any atom is -0.493 e. The third-order valence-electron chi connectivity index (χ3n) is 5.60. The van der Waals surface area contributed by atoms with Crippen LogP contribution < -0.4 is 14.5 Å². The molecule has 0 saturated carbocycles. The molecule has 2 heterocycles. The fraction of sp³-hybridized carbons (Fsp3) is 0.250. The number of anilines is 2. The van der Waals surface area contributed by atoms with Gasteiger partial charge in [-0.05, 0) is 62.5 Å². The molecule has 0 bridgehead atoms. The van der Waals surface area contributed by atoms with E-state index in [1.165, 1.54) is 37.3 Å². The number of amides is 1. The Morgan fingerprint density at radius 1 is 1.19 bits per heavy atom. The first-order valence-electron chi connectivity index (χ1n) is 10.6. The number of oxazole rings is 1. The smallest absolute Gasteiger partial charge is 0.420 e. The highest BCUT2D eigenvalue weighted by atomic mass is 32.1. The number of nitriles is 1. The SMILES string of the molecule is CC1(C)C(=O)N(c2ccc(C#N)c(C(F)(F)F)c2F)C(=S)N1c1ccc(OCCc2ncco2)cc1. The normalized spacial score (nSPS) is 15.4. The molecule has 0 aliphatic carbocycles. The summed E-state index contributed by atoms with van der Waals surface area (Å²) in [5, 5.41) is 8.81. The minimum atomic E-state index is -5.15. The van der Waals surface area contributed by atoms with Gasteiger partial charge in [-0.25, -0.2) is 9.37 Å². The van der Waals surface area contributed by atoms with Crippen LogP contribution in [-0.4, -0.2) is 28.1 Å². The van der Waals surface area contributed by atoms with E-state index in [-0.39, 0.29) is 5.11 Å². The van der Waals surface area contributed by atoms with E-state index in [4.69, 9.17) is 26.6 Å². The number of aromatic nitrogens is 1. The van der Waals surface area contributed by atoms with Crippen LogP contribution >= 0.6 is 12.2 Å². The van der Waals surface area contributed by atoms with Gasteiger partial charge in [0.2, 0.25) is 0 Å². The average Bonchev–Trinajstić information content (AvgIpc) is 3.39. The Balaban J connectivity index is 1.62. The number of carbonyl (C=O) groups excluding carboxylic acids is 1. The summed E-state index contributed by atoms with van der Waals surface area (Å²) in [5.74, 6) is -1.43. The lowest BCUT2D eigenvalue weighted by Crippen LogP contribution is -2.44. The van der Waals surface area contributed by atoms with Crippen LogP contribution in [0.3, 0.4) is 0 Å². The van der Waals surface area contributed by atoms with Crippen LogP contribution in [-0.2, 0) is 17.4 Å². The molecule has 0 N–H and O–H groups in total. The quantitative estimate of drug-likeness (QED) is 0.326. The van der Waals surface area contributed by atoms with Crippen molar-refractivity contribution >= 4 is 34.6 Å². The topological polar surface area (TPSA) is 82.6 Å². The predicted molar refractivity (Wildman–Crippen MR) is 125 cm³/mol. The number of thiocarbonyl (C=S) groups is 1. The number of ether oxygens (including phenoxy) is 1. The van der Waals surface area contributed by atoms with Crippen molar-refractivity contribution in [2.75, 3.05) is 16.4 Å². The first-order chi connectivity index (χ1) is 17.0. The van der Waals surface area contributed by atoms with Crippen molar-refractivity contribution < 1.29 is 31.5 Å². The Hall–Kier alpha value is -3.98. The monoisotopic (exact) mass is 518 g/mol. The summed E-state index contributed by atoms with van der Waals surface area (Å²) in [7, 11) is 0. The summed E-state index contributed by atoms with van der Waals surface area (Å²) in [4.78, 5) is 19.4. The molecule has 1 fully saturated rings. The summed E-state index contributed by atoms with van der Waals surface area (Å²) in [5.41, 5.74) is -4.22. The van der Waals surface area contributed by atoms with Crippen LogP contribution in [0, 0.1) is 17.1 Å². The lowest BCUT2D eigenvalue weighted by molar-refractivity contribution is -0.140. The molecular formula is C24H18F4N4O3S. The first-order valence-corrected chi connectivity index (χ1v) is 11.0.